The van der Waals surface area contributed by atoms with Crippen LogP contribution in [0.1, 0.15) is 59.9 Å². The highest BCUT2D eigenvalue weighted by Gasteiger charge is 2.28. The van der Waals surface area contributed by atoms with Crippen LogP contribution >= 0.6 is 0 Å². The molecule has 2 aromatic rings. The highest BCUT2D eigenvalue weighted by molar-refractivity contribution is 5.79. The Kier molecular flexibility index (Phi) is 7.76. The molecule has 6 nitrogen and oxygen atoms in total. The summed E-state index contributed by atoms with van der Waals surface area (Å²) in [4.78, 5) is 24.9. The molecular weight excluding hydrogens is 412 g/mol. The van der Waals surface area contributed by atoms with E-state index in [0.29, 0.717) is 18.9 Å². The lowest BCUT2D eigenvalue weighted by Crippen LogP contribution is -2.28. The summed E-state index contributed by atoms with van der Waals surface area (Å²) in [6.45, 7) is 7.83. The molecule has 1 aliphatic carbocycles. The van der Waals surface area contributed by atoms with Gasteiger partial charge in [-0.25, -0.2) is 9.97 Å². The fourth-order valence-corrected chi connectivity index (χ4v) is 5.01. The molecule has 0 spiro atoms. The number of carbonyl (C=O) groups is 1. The summed E-state index contributed by atoms with van der Waals surface area (Å²) < 4.78 is 5.25. The van der Waals surface area contributed by atoms with Crippen molar-refractivity contribution in [1.29, 1.82) is 0 Å². The van der Waals surface area contributed by atoms with Crippen molar-refractivity contribution in [2.45, 2.75) is 58.4 Å². The Labute approximate surface area is 197 Å². The highest BCUT2D eigenvalue weighted by Crippen LogP contribution is 2.28. The summed E-state index contributed by atoms with van der Waals surface area (Å²) in [7, 11) is 1.64. The fraction of sp³-hybridized carbons (Fsp3) is 0.519. The molecule has 0 saturated carbocycles. The number of amides is 1. The predicted octanol–water partition coefficient (Wildman–Crippen LogP) is 4.11. The monoisotopic (exact) mass is 448 g/mol. The smallest absolute Gasteiger partial charge is 0.224 e. The van der Waals surface area contributed by atoms with Gasteiger partial charge in [0.2, 0.25) is 5.91 Å². The van der Waals surface area contributed by atoms with Gasteiger partial charge in [0.1, 0.15) is 11.6 Å². The van der Waals surface area contributed by atoms with E-state index in [1.165, 1.54) is 25.8 Å². The average Bonchev–Trinajstić information content (AvgIpc) is 3.29. The van der Waals surface area contributed by atoms with Crippen LogP contribution in [-0.2, 0) is 17.8 Å². The van der Waals surface area contributed by atoms with Gasteiger partial charge < -0.3 is 15.0 Å². The van der Waals surface area contributed by atoms with Crippen LogP contribution in [0, 0.1) is 19.8 Å². The van der Waals surface area contributed by atoms with Gasteiger partial charge in [-0.05, 0) is 69.7 Å². The fourth-order valence-electron chi connectivity index (χ4n) is 5.01. The predicted molar refractivity (Wildman–Crippen MR) is 130 cm³/mol. The van der Waals surface area contributed by atoms with Crippen molar-refractivity contribution in [3.8, 4) is 5.75 Å². The third-order valence-corrected chi connectivity index (χ3v) is 6.93. The summed E-state index contributed by atoms with van der Waals surface area (Å²) in [5.41, 5.74) is 3.79. The number of methoxy groups -OCH3 is 1. The topological polar surface area (TPSA) is 67.3 Å². The quantitative estimate of drug-likeness (QED) is 0.616. The maximum atomic E-state index is 12.6. The Hall–Kier alpha value is -2.73. The zero-order valence-corrected chi connectivity index (χ0v) is 20.1. The van der Waals surface area contributed by atoms with E-state index < -0.39 is 0 Å². The Bertz CT molecular complexity index is 980. The highest BCUT2D eigenvalue weighted by atomic mass is 16.5. The zero-order valence-electron chi connectivity index (χ0n) is 20.1. The number of hydrogen-bond acceptors (Lipinski definition) is 5. The molecule has 2 atom stereocenters. The van der Waals surface area contributed by atoms with Gasteiger partial charge in [0, 0.05) is 42.5 Å². The van der Waals surface area contributed by atoms with Crippen molar-refractivity contribution in [1.82, 2.24) is 20.2 Å². The Morgan fingerprint density at radius 3 is 2.73 bits per heavy atom. The molecule has 1 saturated heterocycles. The molecule has 1 amide bonds. The third-order valence-electron chi connectivity index (χ3n) is 6.93. The minimum atomic E-state index is -0.0195. The van der Waals surface area contributed by atoms with Crippen LogP contribution in [-0.4, -0.2) is 47.5 Å². The molecule has 1 aromatic heterocycles. The lowest BCUT2D eigenvalue weighted by Gasteiger charge is -2.24. The van der Waals surface area contributed by atoms with E-state index in [1.807, 2.05) is 38.1 Å². The van der Waals surface area contributed by atoms with Crippen LogP contribution in [0.15, 0.2) is 36.4 Å². The van der Waals surface area contributed by atoms with Crippen molar-refractivity contribution in [2.24, 2.45) is 5.92 Å². The number of nitrogens with one attached hydrogen (secondary N) is 1. The SMILES string of the molecule is COc1cccc(CNC(=O)Cc2c(C)nc([C@H]3CCN(C[C@H]4CC=CCC4)C3)nc2C)c1. The number of benzene rings is 1. The number of nitrogens with zero attached hydrogens (tertiary/aromatic N) is 3. The first-order valence-electron chi connectivity index (χ1n) is 12.1. The normalized spacial score (nSPS) is 20.7. The summed E-state index contributed by atoms with van der Waals surface area (Å²) >= 11 is 0. The minimum absolute atomic E-state index is 0.0195. The first-order chi connectivity index (χ1) is 16.0. The second-order valence-corrected chi connectivity index (χ2v) is 9.43. The van der Waals surface area contributed by atoms with Gasteiger partial charge in [-0.3, -0.25) is 4.79 Å². The largest absolute Gasteiger partial charge is 0.497 e. The van der Waals surface area contributed by atoms with Gasteiger partial charge in [0.15, 0.2) is 0 Å². The number of allylic oxidation sites excluding steroid dienone is 2. The van der Waals surface area contributed by atoms with E-state index in [4.69, 9.17) is 14.7 Å². The molecule has 176 valence electrons. The number of rotatable bonds is 8. The molecule has 1 aliphatic heterocycles. The van der Waals surface area contributed by atoms with Crippen molar-refractivity contribution < 1.29 is 9.53 Å². The number of carbonyl (C=O) groups excluding carboxylic acids is 1. The lowest BCUT2D eigenvalue weighted by molar-refractivity contribution is -0.120. The minimum Gasteiger partial charge on any atom is -0.497 e. The number of aryl methyl sites for hydroxylation is 2. The standard InChI is InChI=1S/C27H36N4O2/c1-19-25(15-26(32)28-16-22-10-7-11-24(14-22)33-3)20(2)30-27(29-19)23-12-13-31(18-23)17-21-8-5-4-6-9-21/h4-5,7,10-11,14,21,23H,6,8-9,12-13,15-18H2,1-3H3,(H,28,32)/t21-,23-/m0/s1. The van der Waals surface area contributed by atoms with Crippen LogP contribution < -0.4 is 10.1 Å². The van der Waals surface area contributed by atoms with Gasteiger partial charge in [-0.2, -0.15) is 0 Å². The molecule has 0 radical (unpaired) electrons. The van der Waals surface area contributed by atoms with Gasteiger partial charge in [-0.1, -0.05) is 24.3 Å². The number of aromatic nitrogens is 2. The van der Waals surface area contributed by atoms with Gasteiger partial charge in [0.25, 0.3) is 0 Å². The molecule has 0 unspecified atom stereocenters. The van der Waals surface area contributed by atoms with Crippen molar-refractivity contribution in [3.05, 3.63) is 64.8 Å². The maximum absolute atomic E-state index is 12.6. The van der Waals surface area contributed by atoms with Crippen molar-refractivity contribution in [3.63, 3.8) is 0 Å². The third kappa shape index (κ3) is 6.20. The number of hydrogen-bond donors (Lipinski definition) is 1. The lowest BCUT2D eigenvalue weighted by atomic mass is 9.94. The molecule has 1 N–H and O–H groups in total. The Morgan fingerprint density at radius 2 is 2.00 bits per heavy atom. The van der Waals surface area contributed by atoms with Crippen LogP contribution in [0.5, 0.6) is 5.75 Å². The molecule has 2 aliphatic rings. The van der Waals surface area contributed by atoms with Gasteiger partial charge >= 0.3 is 0 Å². The van der Waals surface area contributed by atoms with E-state index in [0.717, 1.165) is 59.5 Å². The van der Waals surface area contributed by atoms with Crippen molar-refractivity contribution >= 4 is 5.91 Å². The average molecular weight is 449 g/mol. The molecule has 1 fully saturated rings. The van der Waals surface area contributed by atoms with Crippen LogP contribution in [0.4, 0.5) is 0 Å². The molecule has 6 heteroatoms. The van der Waals surface area contributed by atoms with Gasteiger partial charge in [-0.15, -0.1) is 0 Å². The zero-order chi connectivity index (χ0) is 23.2. The van der Waals surface area contributed by atoms with Crippen LogP contribution in [0.2, 0.25) is 0 Å². The number of ether oxygens (including phenoxy) is 1. The first kappa shape index (κ1) is 23.4. The molecular formula is C27H36N4O2. The van der Waals surface area contributed by atoms with Crippen molar-refractivity contribution in [2.75, 3.05) is 26.7 Å². The summed E-state index contributed by atoms with van der Waals surface area (Å²) in [5, 5.41) is 3.01. The molecule has 33 heavy (non-hydrogen) atoms. The van der Waals surface area contributed by atoms with E-state index in [2.05, 4.69) is 22.4 Å². The van der Waals surface area contributed by atoms with E-state index in [-0.39, 0.29) is 5.91 Å². The Morgan fingerprint density at radius 1 is 1.18 bits per heavy atom. The summed E-state index contributed by atoms with van der Waals surface area (Å²) in [6, 6.07) is 7.74. The van der Waals surface area contributed by atoms with E-state index in [1.54, 1.807) is 7.11 Å². The number of likely N-dealkylation sites (tertiary alicyclic amines) is 1. The van der Waals surface area contributed by atoms with E-state index in [9.17, 15) is 4.79 Å². The molecule has 4 rings (SSSR count). The Balaban J connectivity index is 1.33. The second kappa shape index (κ2) is 10.9. The van der Waals surface area contributed by atoms with Gasteiger partial charge in [0.05, 0.1) is 13.5 Å². The summed E-state index contributed by atoms with van der Waals surface area (Å²) in [5.74, 6) is 2.89. The molecule has 1 aromatic carbocycles. The van der Waals surface area contributed by atoms with E-state index >= 15 is 0 Å². The summed E-state index contributed by atoms with van der Waals surface area (Å²) in [6.07, 6.45) is 9.80. The van der Waals surface area contributed by atoms with Crippen LogP contribution in [0.3, 0.4) is 0 Å². The second-order valence-electron chi connectivity index (χ2n) is 9.43. The first-order valence-corrected chi connectivity index (χ1v) is 12.1. The molecule has 2 heterocycles. The maximum Gasteiger partial charge on any atom is 0.224 e. The molecule has 0 bridgehead atoms. The van der Waals surface area contributed by atoms with Crippen LogP contribution in [0.25, 0.3) is 0 Å².